The first-order chi connectivity index (χ1) is 7.29. The summed E-state index contributed by atoms with van der Waals surface area (Å²) in [5, 5.41) is 0. The van der Waals surface area contributed by atoms with Gasteiger partial charge in [-0.25, -0.2) is 4.79 Å². The molecule has 0 N–H and O–H groups in total. The van der Waals surface area contributed by atoms with E-state index in [4.69, 9.17) is 9.47 Å². The molecule has 78 valence electrons. The van der Waals surface area contributed by atoms with Crippen LogP contribution in [-0.2, 0) is 16.0 Å². The van der Waals surface area contributed by atoms with E-state index in [9.17, 15) is 4.79 Å². The summed E-state index contributed by atoms with van der Waals surface area (Å²) < 4.78 is 10.5. The van der Waals surface area contributed by atoms with Crippen LogP contribution in [0.1, 0.15) is 12.5 Å². The highest BCUT2D eigenvalue weighted by Crippen LogP contribution is 2.24. The molecule has 3 nitrogen and oxygen atoms in total. The second kappa shape index (κ2) is 4.17. The number of benzene rings is 1. The summed E-state index contributed by atoms with van der Waals surface area (Å²) in [4.78, 5) is 11.4. The molecule has 0 bridgehead atoms. The third-order valence-corrected chi connectivity index (χ3v) is 2.16. The van der Waals surface area contributed by atoms with Crippen molar-refractivity contribution in [2.24, 2.45) is 0 Å². The van der Waals surface area contributed by atoms with E-state index in [0.717, 1.165) is 5.56 Å². The fourth-order valence-corrected chi connectivity index (χ4v) is 1.54. The molecule has 0 aliphatic carbocycles. The highest BCUT2D eigenvalue weighted by Gasteiger charge is 2.15. The number of hydrogen-bond donors (Lipinski definition) is 0. The minimum Gasteiger partial charge on any atom is -0.498 e. The van der Waals surface area contributed by atoms with E-state index < -0.39 is 0 Å². The van der Waals surface area contributed by atoms with Crippen molar-refractivity contribution in [3.8, 4) is 5.75 Å². The van der Waals surface area contributed by atoms with Crippen LogP contribution in [0.2, 0.25) is 0 Å². The molecule has 0 unspecified atom stereocenters. The van der Waals surface area contributed by atoms with E-state index in [2.05, 4.69) is 0 Å². The Balaban J connectivity index is 2.32. The Morgan fingerprint density at radius 1 is 1.40 bits per heavy atom. The summed E-state index contributed by atoms with van der Waals surface area (Å²) in [6, 6.07) is 7.48. The zero-order valence-electron chi connectivity index (χ0n) is 8.53. The third-order valence-electron chi connectivity index (χ3n) is 2.16. The molecular formula is C12H12O3. The molecule has 3 heteroatoms. The van der Waals surface area contributed by atoms with E-state index in [1.807, 2.05) is 25.1 Å². The van der Waals surface area contributed by atoms with Gasteiger partial charge in [-0.1, -0.05) is 18.2 Å². The van der Waals surface area contributed by atoms with Crippen LogP contribution >= 0.6 is 0 Å². The van der Waals surface area contributed by atoms with Crippen LogP contribution in [0.25, 0.3) is 0 Å². The maximum atomic E-state index is 11.4. The van der Waals surface area contributed by atoms with Crippen LogP contribution < -0.4 is 4.74 Å². The van der Waals surface area contributed by atoms with Gasteiger partial charge in [0, 0.05) is 12.0 Å². The van der Waals surface area contributed by atoms with Crippen molar-refractivity contribution in [2.75, 3.05) is 6.61 Å². The lowest BCUT2D eigenvalue weighted by molar-refractivity contribution is -0.129. The molecule has 0 saturated carbocycles. The maximum absolute atomic E-state index is 11.4. The quantitative estimate of drug-likeness (QED) is 0.546. The molecule has 1 aromatic carbocycles. The lowest BCUT2D eigenvalue weighted by Crippen LogP contribution is -2.03. The zero-order chi connectivity index (χ0) is 10.7. The Labute approximate surface area is 88.3 Å². The molecule has 1 aliphatic heterocycles. The molecule has 0 spiro atoms. The molecule has 0 radical (unpaired) electrons. The number of hydrogen-bond acceptors (Lipinski definition) is 3. The van der Waals surface area contributed by atoms with Crippen LogP contribution in [0, 0.1) is 0 Å². The van der Waals surface area contributed by atoms with Gasteiger partial charge in [0.15, 0.2) is 0 Å². The number of rotatable bonds is 2. The highest BCUT2D eigenvalue weighted by atomic mass is 16.5. The van der Waals surface area contributed by atoms with Crippen molar-refractivity contribution >= 4 is 5.97 Å². The second-order valence-corrected chi connectivity index (χ2v) is 3.25. The van der Waals surface area contributed by atoms with Crippen LogP contribution in [0.3, 0.4) is 0 Å². The van der Waals surface area contributed by atoms with Crippen molar-refractivity contribution in [3.05, 3.63) is 41.7 Å². The average molecular weight is 204 g/mol. The Bertz CT molecular complexity index is 407. The summed E-state index contributed by atoms with van der Waals surface area (Å²) in [5.74, 6) is 0.907. The first-order valence-corrected chi connectivity index (χ1v) is 4.92. The van der Waals surface area contributed by atoms with Gasteiger partial charge in [0.1, 0.15) is 11.5 Å². The minimum atomic E-state index is -0.372. The predicted molar refractivity (Wildman–Crippen MR) is 55.5 cm³/mol. The lowest BCUT2D eigenvalue weighted by atomic mass is 10.1. The van der Waals surface area contributed by atoms with Gasteiger partial charge >= 0.3 is 5.97 Å². The molecule has 1 aliphatic rings. The molecule has 15 heavy (non-hydrogen) atoms. The summed E-state index contributed by atoms with van der Waals surface area (Å²) in [7, 11) is 0. The van der Waals surface area contributed by atoms with E-state index in [1.165, 1.54) is 6.08 Å². The number of ether oxygens (including phenoxy) is 2. The predicted octanol–water partition coefficient (Wildman–Crippen LogP) is 2.07. The number of carbonyl (C=O) groups excluding carboxylic acids is 1. The van der Waals surface area contributed by atoms with E-state index in [1.54, 1.807) is 6.07 Å². The van der Waals surface area contributed by atoms with Crippen molar-refractivity contribution in [1.82, 2.24) is 0 Å². The van der Waals surface area contributed by atoms with Crippen molar-refractivity contribution in [2.45, 2.75) is 13.3 Å². The number of para-hydroxylation sites is 1. The number of esters is 1. The maximum Gasteiger partial charge on any atom is 0.339 e. The van der Waals surface area contributed by atoms with Gasteiger partial charge in [-0.3, -0.25) is 0 Å². The number of allylic oxidation sites excluding steroid dienone is 1. The molecule has 0 atom stereocenters. The topological polar surface area (TPSA) is 35.5 Å². The molecule has 0 saturated heterocycles. The van der Waals surface area contributed by atoms with Gasteiger partial charge in [-0.05, 0) is 13.0 Å². The molecule has 1 aromatic rings. The average Bonchev–Trinajstić information content (AvgIpc) is 2.35. The van der Waals surface area contributed by atoms with Crippen LogP contribution in [0.4, 0.5) is 0 Å². The molecule has 0 fully saturated rings. The summed E-state index contributed by atoms with van der Waals surface area (Å²) in [6.07, 6.45) is 2.01. The monoisotopic (exact) mass is 204 g/mol. The van der Waals surface area contributed by atoms with Gasteiger partial charge in [0.25, 0.3) is 0 Å². The first-order valence-electron chi connectivity index (χ1n) is 4.92. The first kappa shape index (κ1) is 9.77. The van der Waals surface area contributed by atoms with Gasteiger partial charge in [0.05, 0.1) is 12.7 Å². The Kier molecular flexibility index (Phi) is 2.72. The standard InChI is InChI=1S/C12H12O3/c1-2-14-10-7-9-5-3-4-6-11(9)15-12(13)8-10/h3-6,8H,2,7H2,1H3. The molecule has 0 amide bonds. The third kappa shape index (κ3) is 2.18. The Morgan fingerprint density at radius 3 is 3.00 bits per heavy atom. The second-order valence-electron chi connectivity index (χ2n) is 3.25. The van der Waals surface area contributed by atoms with E-state index >= 15 is 0 Å². The Morgan fingerprint density at radius 2 is 2.20 bits per heavy atom. The molecular weight excluding hydrogens is 192 g/mol. The fourth-order valence-electron chi connectivity index (χ4n) is 1.54. The van der Waals surface area contributed by atoms with Crippen LogP contribution in [0.15, 0.2) is 36.1 Å². The van der Waals surface area contributed by atoms with Crippen molar-refractivity contribution in [1.29, 1.82) is 0 Å². The fraction of sp³-hybridized carbons (Fsp3) is 0.250. The summed E-state index contributed by atoms with van der Waals surface area (Å²) >= 11 is 0. The SMILES string of the molecule is CCOC1=CC(=O)Oc2ccccc2C1. The van der Waals surface area contributed by atoms with Gasteiger partial charge in [0.2, 0.25) is 0 Å². The van der Waals surface area contributed by atoms with Crippen molar-refractivity contribution < 1.29 is 14.3 Å². The number of fused-ring (bicyclic) bond motifs is 1. The lowest BCUT2D eigenvalue weighted by Gasteiger charge is -2.06. The smallest absolute Gasteiger partial charge is 0.339 e. The van der Waals surface area contributed by atoms with Gasteiger partial charge in [-0.15, -0.1) is 0 Å². The molecule has 0 aromatic heterocycles. The largest absolute Gasteiger partial charge is 0.498 e. The van der Waals surface area contributed by atoms with E-state index in [-0.39, 0.29) is 5.97 Å². The highest BCUT2D eigenvalue weighted by molar-refractivity contribution is 5.85. The van der Waals surface area contributed by atoms with Crippen molar-refractivity contribution in [3.63, 3.8) is 0 Å². The van der Waals surface area contributed by atoms with Crippen LogP contribution in [0.5, 0.6) is 5.75 Å². The number of carbonyl (C=O) groups is 1. The Hall–Kier alpha value is -1.77. The normalized spacial score (nSPS) is 14.7. The molecule has 2 rings (SSSR count). The van der Waals surface area contributed by atoms with Gasteiger partial charge < -0.3 is 9.47 Å². The molecule has 1 heterocycles. The van der Waals surface area contributed by atoms with Crippen LogP contribution in [-0.4, -0.2) is 12.6 Å². The summed E-state index contributed by atoms with van der Waals surface area (Å²) in [5.41, 5.74) is 0.975. The summed E-state index contributed by atoms with van der Waals surface area (Å²) in [6.45, 7) is 2.45. The van der Waals surface area contributed by atoms with Gasteiger partial charge in [-0.2, -0.15) is 0 Å². The minimum absolute atomic E-state index is 0.372. The van der Waals surface area contributed by atoms with E-state index in [0.29, 0.717) is 24.5 Å². The zero-order valence-corrected chi connectivity index (χ0v) is 8.53.